The number of fused-ring (bicyclic) bond motifs is 2. The molecule has 1 fully saturated rings. The second kappa shape index (κ2) is 5.73. The van der Waals surface area contributed by atoms with Gasteiger partial charge in [-0.3, -0.25) is 0 Å². The van der Waals surface area contributed by atoms with Crippen LogP contribution in [0.15, 0.2) is 48.0 Å². The molecule has 22 heavy (non-hydrogen) atoms. The first-order valence-corrected chi connectivity index (χ1v) is 8.44. The van der Waals surface area contributed by atoms with Crippen molar-refractivity contribution in [3.63, 3.8) is 0 Å². The fourth-order valence-corrected chi connectivity index (χ4v) is 3.90. The van der Waals surface area contributed by atoms with E-state index in [-0.39, 0.29) is 0 Å². The quantitative estimate of drug-likeness (QED) is 0.763. The predicted octanol–water partition coefficient (Wildman–Crippen LogP) is 4.28. The Morgan fingerprint density at radius 2 is 1.50 bits per heavy atom. The molecule has 2 aliphatic rings. The Bertz CT molecular complexity index is 731. The number of benzene rings is 2. The van der Waals surface area contributed by atoms with Crippen LogP contribution in [-0.2, 0) is 12.8 Å². The molecule has 0 spiro atoms. The lowest BCUT2D eigenvalue weighted by Gasteiger charge is -2.22. The van der Waals surface area contributed by atoms with E-state index in [2.05, 4.69) is 54.7 Å². The van der Waals surface area contributed by atoms with E-state index in [0.717, 1.165) is 25.9 Å². The second-order valence-corrected chi connectivity index (χ2v) is 6.55. The lowest BCUT2D eigenvalue weighted by Crippen LogP contribution is -2.24. The molecule has 2 aromatic rings. The van der Waals surface area contributed by atoms with Crippen LogP contribution in [0.25, 0.3) is 5.57 Å². The van der Waals surface area contributed by atoms with E-state index in [0.29, 0.717) is 0 Å². The minimum Gasteiger partial charge on any atom is -0.316 e. The van der Waals surface area contributed by atoms with Crippen molar-refractivity contribution < 1.29 is 0 Å². The highest BCUT2D eigenvalue weighted by Crippen LogP contribution is 2.38. The SMILES string of the molecule is Cc1ccc2c(c1)C(=C1CCNCC1)c1ccccc1CC2. The van der Waals surface area contributed by atoms with Crippen LogP contribution in [0.4, 0.5) is 0 Å². The first-order valence-electron chi connectivity index (χ1n) is 8.44. The summed E-state index contributed by atoms with van der Waals surface area (Å²) in [7, 11) is 0. The number of nitrogens with one attached hydrogen (secondary N) is 1. The summed E-state index contributed by atoms with van der Waals surface area (Å²) in [5.41, 5.74) is 10.5. The van der Waals surface area contributed by atoms with E-state index in [1.165, 1.54) is 46.2 Å². The lowest BCUT2D eigenvalue weighted by atomic mass is 9.86. The van der Waals surface area contributed by atoms with Crippen molar-refractivity contribution in [2.75, 3.05) is 13.1 Å². The normalized spacial score (nSPS) is 17.7. The van der Waals surface area contributed by atoms with Gasteiger partial charge in [0.1, 0.15) is 0 Å². The van der Waals surface area contributed by atoms with Crippen LogP contribution >= 0.6 is 0 Å². The summed E-state index contributed by atoms with van der Waals surface area (Å²) in [6.07, 6.45) is 4.66. The number of aryl methyl sites for hydroxylation is 3. The summed E-state index contributed by atoms with van der Waals surface area (Å²) >= 11 is 0. The first-order chi connectivity index (χ1) is 10.8. The zero-order chi connectivity index (χ0) is 14.9. The van der Waals surface area contributed by atoms with Gasteiger partial charge < -0.3 is 5.32 Å². The number of hydrogen-bond donors (Lipinski definition) is 1. The van der Waals surface area contributed by atoms with Crippen molar-refractivity contribution in [1.82, 2.24) is 5.32 Å². The molecule has 0 unspecified atom stereocenters. The van der Waals surface area contributed by atoms with Gasteiger partial charge in [0.2, 0.25) is 0 Å². The smallest absolute Gasteiger partial charge is 0.00111 e. The molecule has 0 atom stereocenters. The molecular formula is C21H23N. The van der Waals surface area contributed by atoms with Crippen molar-refractivity contribution in [1.29, 1.82) is 0 Å². The van der Waals surface area contributed by atoms with Crippen molar-refractivity contribution in [2.45, 2.75) is 32.6 Å². The van der Waals surface area contributed by atoms with E-state index in [1.54, 1.807) is 5.57 Å². The highest BCUT2D eigenvalue weighted by atomic mass is 14.9. The summed E-state index contributed by atoms with van der Waals surface area (Å²) in [4.78, 5) is 0. The third kappa shape index (κ3) is 2.40. The van der Waals surface area contributed by atoms with Crippen LogP contribution in [0.2, 0.25) is 0 Å². The summed E-state index contributed by atoms with van der Waals surface area (Å²) in [6.45, 7) is 4.44. The van der Waals surface area contributed by atoms with Gasteiger partial charge in [0.25, 0.3) is 0 Å². The van der Waals surface area contributed by atoms with Crippen molar-refractivity contribution in [2.24, 2.45) is 0 Å². The van der Waals surface area contributed by atoms with Crippen LogP contribution in [-0.4, -0.2) is 13.1 Å². The third-order valence-corrected chi connectivity index (χ3v) is 5.05. The summed E-state index contributed by atoms with van der Waals surface area (Å²) in [5.74, 6) is 0. The van der Waals surface area contributed by atoms with Gasteiger partial charge in [0.05, 0.1) is 0 Å². The van der Waals surface area contributed by atoms with Crippen LogP contribution in [0.1, 0.15) is 40.7 Å². The van der Waals surface area contributed by atoms with Gasteiger partial charge in [-0.1, -0.05) is 53.6 Å². The monoisotopic (exact) mass is 289 g/mol. The topological polar surface area (TPSA) is 12.0 Å². The van der Waals surface area contributed by atoms with Crippen LogP contribution < -0.4 is 5.32 Å². The standard InChI is InChI=1S/C21H23N/c1-15-6-7-17-9-8-16-4-2-3-5-19(16)21(20(17)14-15)18-10-12-22-13-11-18/h2-7,14,22H,8-13H2,1H3. The van der Waals surface area contributed by atoms with Crippen molar-refractivity contribution in [3.05, 3.63) is 75.9 Å². The summed E-state index contributed by atoms with van der Waals surface area (Å²) < 4.78 is 0. The first kappa shape index (κ1) is 13.8. The highest BCUT2D eigenvalue weighted by Gasteiger charge is 2.21. The fourth-order valence-electron chi connectivity index (χ4n) is 3.90. The number of hydrogen-bond acceptors (Lipinski definition) is 1. The Morgan fingerprint density at radius 3 is 2.32 bits per heavy atom. The van der Waals surface area contributed by atoms with Crippen LogP contribution in [0, 0.1) is 6.92 Å². The molecule has 1 N–H and O–H groups in total. The number of rotatable bonds is 0. The zero-order valence-corrected chi connectivity index (χ0v) is 13.3. The Labute approximate surface area is 133 Å². The van der Waals surface area contributed by atoms with Gasteiger partial charge in [0, 0.05) is 0 Å². The molecule has 4 rings (SSSR count). The van der Waals surface area contributed by atoms with E-state index in [4.69, 9.17) is 0 Å². The van der Waals surface area contributed by atoms with Gasteiger partial charge in [0.15, 0.2) is 0 Å². The molecule has 2 aromatic carbocycles. The fraction of sp³-hybridized carbons (Fsp3) is 0.333. The van der Waals surface area contributed by atoms with E-state index in [1.807, 2.05) is 0 Å². The van der Waals surface area contributed by atoms with E-state index >= 15 is 0 Å². The predicted molar refractivity (Wildman–Crippen MR) is 93.2 cm³/mol. The Morgan fingerprint density at radius 1 is 0.773 bits per heavy atom. The maximum absolute atomic E-state index is 3.49. The van der Waals surface area contributed by atoms with Crippen molar-refractivity contribution in [3.8, 4) is 0 Å². The minimum atomic E-state index is 1.11. The van der Waals surface area contributed by atoms with Gasteiger partial charge in [-0.15, -0.1) is 0 Å². The van der Waals surface area contributed by atoms with E-state index in [9.17, 15) is 0 Å². The Kier molecular flexibility index (Phi) is 3.59. The van der Waals surface area contributed by atoms with Crippen LogP contribution in [0.5, 0.6) is 0 Å². The Hall–Kier alpha value is -1.86. The van der Waals surface area contributed by atoms with Crippen LogP contribution in [0.3, 0.4) is 0 Å². The van der Waals surface area contributed by atoms with Gasteiger partial charge in [-0.05, 0) is 73.5 Å². The lowest BCUT2D eigenvalue weighted by molar-refractivity contribution is 0.611. The average molecular weight is 289 g/mol. The zero-order valence-electron chi connectivity index (χ0n) is 13.3. The molecule has 1 aliphatic carbocycles. The molecule has 0 amide bonds. The van der Waals surface area contributed by atoms with E-state index < -0.39 is 0 Å². The van der Waals surface area contributed by atoms with Gasteiger partial charge in [-0.2, -0.15) is 0 Å². The molecule has 1 nitrogen and oxygen atoms in total. The molecule has 1 heterocycles. The number of piperidine rings is 1. The molecule has 112 valence electrons. The largest absolute Gasteiger partial charge is 0.316 e. The molecule has 0 radical (unpaired) electrons. The maximum Gasteiger partial charge on any atom is -0.00111 e. The molecule has 0 aromatic heterocycles. The van der Waals surface area contributed by atoms with Gasteiger partial charge >= 0.3 is 0 Å². The van der Waals surface area contributed by atoms with Gasteiger partial charge in [-0.25, -0.2) is 0 Å². The second-order valence-electron chi connectivity index (χ2n) is 6.55. The molecule has 1 saturated heterocycles. The molecule has 0 saturated carbocycles. The molecule has 0 bridgehead atoms. The summed E-state index contributed by atoms with van der Waals surface area (Å²) in [5, 5.41) is 3.49. The average Bonchev–Trinajstić information content (AvgIpc) is 2.72. The molecule has 1 aliphatic heterocycles. The summed E-state index contributed by atoms with van der Waals surface area (Å²) in [6, 6.07) is 16.0. The molecular weight excluding hydrogens is 266 g/mol. The maximum atomic E-state index is 3.49. The van der Waals surface area contributed by atoms with Crippen molar-refractivity contribution >= 4 is 5.57 Å². The molecule has 1 heteroatoms. The third-order valence-electron chi connectivity index (χ3n) is 5.05. The Balaban J connectivity index is 1.99. The highest BCUT2D eigenvalue weighted by molar-refractivity contribution is 5.86. The minimum absolute atomic E-state index is 1.11.